The van der Waals surface area contributed by atoms with Crippen LogP contribution in [0.4, 0.5) is 0 Å². The Morgan fingerprint density at radius 3 is 2.64 bits per heavy atom. The Hall–Kier alpha value is -4.11. The van der Waals surface area contributed by atoms with E-state index in [0.717, 1.165) is 0 Å². The van der Waals surface area contributed by atoms with Crippen molar-refractivity contribution in [1.82, 2.24) is 10.7 Å². The number of aromatic carboxylic acids is 1. The first kappa shape index (κ1) is 23.6. The molecular weight excluding hydrogens is 450 g/mol. The number of hydrazone groups is 1. The van der Waals surface area contributed by atoms with Gasteiger partial charge in [-0.2, -0.15) is 5.10 Å². The second kappa shape index (κ2) is 11.0. The molecule has 0 unspecified atom stereocenters. The molecule has 33 heavy (non-hydrogen) atoms. The number of carbonyl (C=O) groups excluding carboxylic acids is 2. The van der Waals surface area contributed by atoms with Gasteiger partial charge in [0.1, 0.15) is 23.3 Å². The van der Waals surface area contributed by atoms with E-state index < -0.39 is 23.8 Å². The molecule has 1 aromatic heterocycles. The summed E-state index contributed by atoms with van der Waals surface area (Å²) in [5, 5.41) is 15.6. The fourth-order valence-corrected chi connectivity index (χ4v) is 2.89. The summed E-state index contributed by atoms with van der Waals surface area (Å²) < 4.78 is 10.9. The van der Waals surface area contributed by atoms with Gasteiger partial charge in [-0.15, -0.1) is 0 Å². The monoisotopic (exact) mass is 469 g/mol. The number of ether oxygens (including phenoxy) is 1. The highest BCUT2D eigenvalue weighted by Crippen LogP contribution is 2.26. The number of carboxylic acids is 1. The van der Waals surface area contributed by atoms with Crippen LogP contribution in [0.15, 0.2) is 70.2 Å². The summed E-state index contributed by atoms with van der Waals surface area (Å²) in [6.07, 6.45) is 1.28. The van der Waals surface area contributed by atoms with Crippen molar-refractivity contribution in [3.8, 4) is 17.1 Å². The van der Waals surface area contributed by atoms with Crippen LogP contribution in [0, 0.1) is 0 Å². The molecule has 9 nitrogen and oxygen atoms in total. The van der Waals surface area contributed by atoms with E-state index in [4.69, 9.17) is 20.8 Å². The maximum Gasteiger partial charge on any atom is 0.337 e. The second-order valence-corrected chi connectivity index (χ2v) is 7.23. The lowest BCUT2D eigenvalue weighted by Crippen LogP contribution is -2.45. The molecule has 3 N–H and O–H groups in total. The number of hydrogen-bond acceptors (Lipinski definition) is 6. The summed E-state index contributed by atoms with van der Waals surface area (Å²) in [5.41, 5.74) is 2.79. The predicted molar refractivity (Wildman–Crippen MR) is 121 cm³/mol. The molecule has 1 heterocycles. The molecule has 0 fully saturated rings. The molecule has 10 heteroatoms. The van der Waals surface area contributed by atoms with Crippen LogP contribution >= 0.6 is 11.6 Å². The largest absolute Gasteiger partial charge is 0.484 e. The molecule has 2 amide bonds. The van der Waals surface area contributed by atoms with Crippen molar-refractivity contribution >= 4 is 35.6 Å². The molecule has 0 aliphatic heterocycles. The van der Waals surface area contributed by atoms with E-state index >= 15 is 0 Å². The van der Waals surface area contributed by atoms with Crippen LogP contribution in [-0.2, 0) is 9.59 Å². The first-order valence-electron chi connectivity index (χ1n) is 9.76. The second-order valence-electron chi connectivity index (χ2n) is 6.83. The topological polar surface area (TPSA) is 130 Å². The Bertz CT molecular complexity index is 1180. The van der Waals surface area contributed by atoms with Gasteiger partial charge in [-0.25, -0.2) is 10.2 Å². The van der Waals surface area contributed by atoms with Crippen LogP contribution in [0.1, 0.15) is 23.0 Å². The van der Waals surface area contributed by atoms with Gasteiger partial charge < -0.3 is 19.6 Å². The summed E-state index contributed by atoms with van der Waals surface area (Å²) >= 11 is 5.88. The molecule has 0 radical (unpaired) electrons. The maximum absolute atomic E-state index is 12.1. The lowest BCUT2D eigenvalue weighted by Gasteiger charge is -2.12. The highest BCUT2D eigenvalue weighted by atomic mass is 35.5. The van der Waals surface area contributed by atoms with Gasteiger partial charge in [0.05, 0.1) is 16.8 Å². The van der Waals surface area contributed by atoms with Gasteiger partial charge >= 0.3 is 5.97 Å². The van der Waals surface area contributed by atoms with E-state index in [1.165, 1.54) is 25.3 Å². The Kier molecular flexibility index (Phi) is 7.82. The van der Waals surface area contributed by atoms with Crippen molar-refractivity contribution in [2.24, 2.45) is 5.10 Å². The minimum Gasteiger partial charge on any atom is -0.484 e. The van der Waals surface area contributed by atoms with Gasteiger partial charge in [-0.3, -0.25) is 9.59 Å². The molecule has 0 bridgehead atoms. The first-order chi connectivity index (χ1) is 15.8. The minimum atomic E-state index is -1.15. The Morgan fingerprint density at radius 2 is 1.91 bits per heavy atom. The highest BCUT2D eigenvalue weighted by Gasteiger charge is 2.16. The molecule has 0 aliphatic rings. The normalized spacial score (nSPS) is 11.7. The highest BCUT2D eigenvalue weighted by molar-refractivity contribution is 6.33. The Labute approximate surface area is 194 Å². The van der Waals surface area contributed by atoms with Crippen molar-refractivity contribution in [2.75, 3.05) is 6.61 Å². The van der Waals surface area contributed by atoms with Crippen LogP contribution < -0.4 is 15.5 Å². The molecule has 3 aromatic rings. The van der Waals surface area contributed by atoms with E-state index in [-0.39, 0.29) is 17.2 Å². The van der Waals surface area contributed by atoms with E-state index in [1.807, 2.05) is 6.07 Å². The molecule has 1 atom stereocenters. The SMILES string of the molecule is C[C@H](NC(=O)COc1ccccc1)C(=O)N/N=C\c1ccc(-c2ccc(Cl)c(C(=O)O)c2)o1. The van der Waals surface area contributed by atoms with Crippen molar-refractivity contribution in [3.63, 3.8) is 0 Å². The number of hydrogen-bond donors (Lipinski definition) is 3. The summed E-state index contributed by atoms with van der Waals surface area (Å²) in [5.74, 6) is -0.860. The number of rotatable bonds is 9. The molecule has 170 valence electrons. The number of carbonyl (C=O) groups is 3. The summed E-state index contributed by atoms with van der Waals surface area (Å²) in [7, 11) is 0. The number of halogens is 1. The Morgan fingerprint density at radius 1 is 1.15 bits per heavy atom. The lowest BCUT2D eigenvalue weighted by atomic mass is 10.1. The Balaban J connectivity index is 1.50. The zero-order valence-corrected chi connectivity index (χ0v) is 18.2. The third-order valence-corrected chi connectivity index (χ3v) is 4.69. The fourth-order valence-electron chi connectivity index (χ4n) is 2.69. The summed E-state index contributed by atoms with van der Waals surface area (Å²) in [4.78, 5) is 35.3. The van der Waals surface area contributed by atoms with Gasteiger partial charge in [0.2, 0.25) is 0 Å². The van der Waals surface area contributed by atoms with Gasteiger partial charge in [0, 0.05) is 5.56 Å². The molecule has 0 spiro atoms. The quantitative estimate of drug-likeness (QED) is 0.325. The van der Waals surface area contributed by atoms with Gasteiger partial charge in [0.15, 0.2) is 6.61 Å². The van der Waals surface area contributed by atoms with Crippen LogP contribution in [0.25, 0.3) is 11.3 Å². The zero-order valence-electron chi connectivity index (χ0n) is 17.4. The molecule has 0 saturated carbocycles. The van der Waals surface area contributed by atoms with Crippen molar-refractivity contribution in [3.05, 3.63) is 77.0 Å². The van der Waals surface area contributed by atoms with E-state index in [1.54, 1.807) is 42.5 Å². The molecular formula is C23H20ClN3O6. The average molecular weight is 470 g/mol. The lowest BCUT2D eigenvalue weighted by molar-refractivity contribution is -0.129. The number of para-hydroxylation sites is 1. The number of furan rings is 1. The molecule has 0 saturated heterocycles. The molecule has 0 aliphatic carbocycles. The van der Waals surface area contributed by atoms with Crippen molar-refractivity contribution in [1.29, 1.82) is 0 Å². The van der Waals surface area contributed by atoms with Crippen LogP contribution in [0.5, 0.6) is 5.75 Å². The summed E-state index contributed by atoms with van der Waals surface area (Å²) in [6, 6.07) is 15.7. The number of carboxylic acid groups (broad SMARTS) is 1. The first-order valence-corrected chi connectivity index (χ1v) is 10.1. The third kappa shape index (κ3) is 6.68. The van der Waals surface area contributed by atoms with Crippen molar-refractivity contribution < 1.29 is 28.6 Å². The predicted octanol–water partition coefficient (Wildman–Crippen LogP) is 3.33. The van der Waals surface area contributed by atoms with Crippen LogP contribution in [0.3, 0.4) is 0 Å². The van der Waals surface area contributed by atoms with E-state index in [0.29, 0.717) is 22.8 Å². The van der Waals surface area contributed by atoms with Crippen molar-refractivity contribution in [2.45, 2.75) is 13.0 Å². The number of benzene rings is 2. The smallest absolute Gasteiger partial charge is 0.337 e. The number of nitrogens with one attached hydrogen (secondary N) is 2. The number of nitrogens with zero attached hydrogens (tertiary/aromatic N) is 1. The molecule has 2 aromatic carbocycles. The maximum atomic E-state index is 12.1. The standard InChI is InChI=1S/C23H20ClN3O6/c1-14(26-21(28)13-32-16-5-3-2-4-6-16)22(29)27-25-12-17-8-10-20(33-17)15-7-9-19(24)18(11-15)23(30)31/h2-12,14H,13H2,1H3,(H,26,28)(H,27,29)(H,30,31)/b25-12-/t14-/m0/s1. The third-order valence-electron chi connectivity index (χ3n) is 4.36. The van der Waals surface area contributed by atoms with E-state index in [2.05, 4.69) is 15.8 Å². The number of amides is 2. The van der Waals surface area contributed by atoms with Gasteiger partial charge in [0.25, 0.3) is 11.8 Å². The van der Waals surface area contributed by atoms with Gasteiger partial charge in [-0.05, 0) is 49.4 Å². The summed E-state index contributed by atoms with van der Waals surface area (Å²) in [6.45, 7) is 1.28. The average Bonchev–Trinajstić information content (AvgIpc) is 3.27. The minimum absolute atomic E-state index is 0.0433. The van der Waals surface area contributed by atoms with E-state index in [9.17, 15) is 19.5 Å². The fraction of sp³-hybridized carbons (Fsp3) is 0.130. The van der Waals surface area contributed by atoms with Gasteiger partial charge in [-0.1, -0.05) is 29.8 Å². The molecule has 3 rings (SSSR count). The van der Waals surface area contributed by atoms with Crippen LogP contribution in [-0.4, -0.2) is 41.8 Å². The zero-order chi connectivity index (χ0) is 23.8. The van der Waals surface area contributed by atoms with Crippen LogP contribution in [0.2, 0.25) is 5.02 Å².